The molecular formula is C24H36N2O3. The lowest BCUT2D eigenvalue weighted by atomic mass is 9.88. The molecule has 1 heterocycles. The molecule has 1 saturated carbocycles. The summed E-state index contributed by atoms with van der Waals surface area (Å²) in [6.45, 7) is 5.08. The quantitative estimate of drug-likeness (QED) is 0.686. The van der Waals surface area contributed by atoms with Crippen molar-refractivity contribution >= 4 is 11.7 Å². The fourth-order valence-corrected chi connectivity index (χ4v) is 4.49. The molecule has 5 heteroatoms. The summed E-state index contributed by atoms with van der Waals surface area (Å²) in [4.78, 5) is 25.9. The molecule has 1 N–H and O–H groups in total. The van der Waals surface area contributed by atoms with E-state index in [4.69, 9.17) is 4.74 Å². The summed E-state index contributed by atoms with van der Waals surface area (Å²) >= 11 is 0. The van der Waals surface area contributed by atoms with E-state index in [2.05, 4.69) is 10.2 Å². The van der Waals surface area contributed by atoms with Crippen molar-refractivity contribution in [2.75, 3.05) is 26.2 Å². The number of hydrogen-bond donors (Lipinski definition) is 1. The first-order valence-corrected chi connectivity index (χ1v) is 11.3. The van der Waals surface area contributed by atoms with Gasteiger partial charge in [-0.25, -0.2) is 0 Å². The van der Waals surface area contributed by atoms with Crippen LogP contribution in [0.15, 0.2) is 24.3 Å². The maximum atomic E-state index is 12.2. The minimum Gasteiger partial charge on any atom is -0.484 e. The number of benzene rings is 1. The molecular weight excluding hydrogens is 364 g/mol. The maximum Gasteiger partial charge on any atom is 0.258 e. The molecule has 0 atom stereocenters. The first-order chi connectivity index (χ1) is 14.1. The number of piperidine rings is 1. The lowest BCUT2D eigenvalue weighted by Crippen LogP contribution is -2.47. The average Bonchev–Trinajstić information content (AvgIpc) is 2.74. The number of Topliss-reactive ketones (excluding diaryl/α,β-unsaturated/α-hetero) is 1. The van der Waals surface area contributed by atoms with E-state index in [1.807, 2.05) is 24.3 Å². The number of hydrogen-bond acceptors (Lipinski definition) is 4. The summed E-state index contributed by atoms with van der Waals surface area (Å²) in [5, 5.41) is 3.13. The number of nitrogens with zero attached hydrogens (tertiary/aromatic N) is 1. The van der Waals surface area contributed by atoms with Crippen LogP contribution in [-0.4, -0.2) is 48.9 Å². The Bertz CT molecular complexity index is 645. The molecule has 1 amide bonds. The third-order valence-corrected chi connectivity index (χ3v) is 6.25. The van der Waals surface area contributed by atoms with Gasteiger partial charge in [-0.3, -0.25) is 4.79 Å². The maximum absolute atomic E-state index is 12.2. The minimum absolute atomic E-state index is 0.0450. The predicted molar refractivity (Wildman–Crippen MR) is 115 cm³/mol. The molecule has 0 bridgehead atoms. The molecule has 2 aliphatic rings. The second kappa shape index (κ2) is 11.3. The highest BCUT2D eigenvalue weighted by molar-refractivity contribution is 5.77. The van der Waals surface area contributed by atoms with Gasteiger partial charge in [0.05, 0.1) is 0 Å². The lowest BCUT2D eigenvalue weighted by molar-refractivity contribution is -0.124. The molecule has 1 saturated heterocycles. The predicted octanol–water partition coefficient (Wildman–Crippen LogP) is 3.75. The number of carbonyl (C=O) groups excluding carboxylic acids is 2. The largest absolute Gasteiger partial charge is 0.484 e. The Balaban J connectivity index is 1.31. The van der Waals surface area contributed by atoms with Crippen LogP contribution in [-0.2, 0) is 16.0 Å². The third-order valence-electron chi connectivity index (χ3n) is 6.25. The highest BCUT2D eigenvalue weighted by atomic mass is 16.5. The van der Waals surface area contributed by atoms with Crippen molar-refractivity contribution < 1.29 is 14.3 Å². The summed E-state index contributed by atoms with van der Waals surface area (Å²) in [7, 11) is 0. The van der Waals surface area contributed by atoms with Crippen molar-refractivity contribution in [3.8, 4) is 5.75 Å². The highest BCUT2D eigenvalue weighted by Crippen LogP contribution is 2.25. The second-order valence-corrected chi connectivity index (χ2v) is 8.78. The Morgan fingerprint density at radius 3 is 2.38 bits per heavy atom. The molecule has 29 heavy (non-hydrogen) atoms. The van der Waals surface area contributed by atoms with E-state index in [9.17, 15) is 9.59 Å². The summed E-state index contributed by atoms with van der Waals surface area (Å²) in [5.74, 6) is 1.73. The van der Waals surface area contributed by atoms with Gasteiger partial charge in [0.2, 0.25) is 0 Å². The van der Waals surface area contributed by atoms with Crippen molar-refractivity contribution in [3.63, 3.8) is 0 Å². The van der Waals surface area contributed by atoms with Gasteiger partial charge in [-0.05, 0) is 62.6 Å². The Morgan fingerprint density at radius 1 is 1.03 bits per heavy atom. The van der Waals surface area contributed by atoms with E-state index >= 15 is 0 Å². The number of aryl methyl sites for hydroxylation is 1. The van der Waals surface area contributed by atoms with Gasteiger partial charge in [0.15, 0.2) is 6.61 Å². The van der Waals surface area contributed by atoms with Crippen molar-refractivity contribution in [1.29, 1.82) is 0 Å². The number of carbonyl (C=O) groups is 2. The molecule has 1 aromatic carbocycles. The van der Waals surface area contributed by atoms with E-state index in [1.165, 1.54) is 38.6 Å². The molecule has 0 aromatic heterocycles. The Kier molecular flexibility index (Phi) is 8.53. The molecule has 1 aliphatic heterocycles. The van der Waals surface area contributed by atoms with E-state index in [0.717, 1.165) is 43.8 Å². The van der Waals surface area contributed by atoms with Crippen LogP contribution in [0.25, 0.3) is 0 Å². The van der Waals surface area contributed by atoms with Crippen LogP contribution in [0.3, 0.4) is 0 Å². The van der Waals surface area contributed by atoms with Gasteiger partial charge >= 0.3 is 0 Å². The second-order valence-electron chi connectivity index (χ2n) is 8.78. The van der Waals surface area contributed by atoms with E-state index in [1.54, 1.807) is 6.92 Å². The Labute approximate surface area is 175 Å². The van der Waals surface area contributed by atoms with E-state index in [0.29, 0.717) is 12.2 Å². The Hall–Kier alpha value is -1.88. The zero-order valence-electron chi connectivity index (χ0n) is 17.8. The molecule has 1 aliphatic carbocycles. The number of nitrogens with one attached hydrogen (secondary N) is 1. The van der Waals surface area contributed by atoms with E-state index in [-0.39, 0.29) is 24.3 Å². The van der Waals surface area contributed by atoms with Gasteiger partial charge in [0.25, 0.3) is 5.91 Å². The zero-order chi connectivity index (χ0) is 20.5. The van der Waals surface area contributed by atoms with Gasteiger partial charge in [-0.2, -0.15) is 0 Å². The summed E-state index contributed by atoms with van der Waals surface area (Å²) in [5.41, 5.74) is 1.11. The number of rotatable bonds is 9. The van der Waals surface area contributed by atoms with Crippen LogP contribution in [0.2, 0.25) is 0 Å². The van der Waals surface area contributed by atoms with Crippen molar-refractivity contribution in [2.45, 2.75) is 70.8 Å². The van der Waals surface area contributed by atoms with Crippen LogP contribution in [0, 0.1) is 5.92 Å². The summed E-state index contributed by atoms with van der Waals surface area (Å²) in [6, 6.07) is 7.91. The SMILES string of the molecule is CC(=O)CCc1ccc(OCC(=O)NC2CCN(CC3CCCCC3)CC2)cc1. The number of amides is 1. The van der Waals surface area contributed by atoms with Crippen LogP contribution in [0.1, 0.15) is 63.9 Å². The third kappa shape index (κ3) is 7.81. The van der Waals surface area contributed by atoms with E-state index < -0.39 is 0 Å². The lowest BCUT2D eigenvalue weighted by Gasteiger charge is -2.35. The minimum atomic E-state index is -0.0450. The van der Waals surface area contributed by atoms with Gasteiger partial charge in [0, 0.05) is 32.1 Å². The van der Waals surface area contributed by atoms with Crippen molar-refractivity contribution in [1.82, 2.24) is 10.2 Å². The number of likely N-dealkylation sites (tertiary alicyclic amines) is 1. The first kappa shape index (κ1) is 21.8. The van der Waals surface area contributed by atoms with Gasteiger partial charge in [0.1, 0.15) is 11.5 Å². The highest BCUT2D eigenvalue weighted by Gasteiger charge is 2.23. The fourth-order valence-electron chi connectivity index (χ4n) is 4.49. The number of ether oxygens (including phenoxy) is 1. The van der Waals surface area contributed by atoms with Gasteiger partial charge in [-0.15, -0.1) is 0 Å². The van der Waals surface area contributed by atoms with Gasteiger partial charge < -0.3 is 19.7 Å². The first-order valence-electron chi connectivity index (χ1n) is 11.3. The van der Waals surface area contributed by atoms with Crippen LogP contribution < -0.4 is 10.1 Å². The molecule has 5 nitrogen and oxygen atoms in total. The van der Waals surface area contributed by atoms with Crippen LogP contribution in [0.5, 0.6) is 5.75 Å². The van der Waals surface area contributed by atoms with Crippen molar-refractivity contribution in [2.24, 2.45) is 5.92 Å². The average molecular weight is 401 g/mol. The molecule has 2 fully saturated rings. The smallest absolute Gasteiger partial charge is 0.258 e. The van der Waals surface area contributed by atoms with Crippen LogP contribution in [0.4, 0.5) is 0 Å². The zero-order valence-corrected chi connectivity index (χ0v) is 17.8. The normalized spacial score (nSPS) is 19.1. The Morgan fingerprint density at radius 2 is 1.72 bits per heavy atom. The fraction of sp³-hybridized carbons (Fsp3) is 0.667. The molecule has 0 radical (unpaired) electrons. The molecule has 1 aromatic rings. The molecule has 0 spiro atoms. The summed E-state index contributed by atoms with van der Waals surface area (Å²) < 4.78 is 5.62. The topological polar surface area (TPSA) is 58.6 Å². The number of ketones is 1. The van der Waals surface area contributed by atoms with Crippen LogP contribution >= 0.6 is 0 Å². The summed E-state index contributed by atoms with van der Waals surface area (Å²) in [6.07, 6.45) is 10.4. The van der Waals surface area contributed by atoms with Gasteiger partial charge in [-0.1, -0.05) is 31.4 Å². The van der Waals surface area contributed by atoms with Crippen molar-refractivity contribution in [3.05, 3.63) is 29.8 Å². The molecule has 160 valence electrons. The standard InChI is InChI=1S/C24H36N2O3/c1-19(27)7-8-20-9-11-23(12-10-20)29-18-24(28)25-22-13-15-26(16-14-22)17-21-5-3-2-4-6-21/h9-12,21-22H,2-8,13-18H2,1H3,(H,25,28). The molecule has 3 rings (SSSR count). The monoisotopic (exact) mass is 400 g/mol. The molecule has 0 unspecified atom stereocenters.